The van der Waals surface area contributed by atoms with E-state index in [4.69, 9.17) is 4.74 Å². The van der Waals surface area contributed by atoms with E-state index in [-0.39, 0.29) is 0 Å². The molecule has 0 radical (unpaired) electrons. The van der Waals surface area contributed by atoms with Crippen LogP contribution in [-0.2, 0) is 17.7 Å². The highest BCUT2D eigenvalue weighted by molar-refractivity contribution is 5.40. The van der Waals surface area contributed by atoms with Gasteiger partial charge >= 0.3 is 0 Å². The van der Waals surface area contributed by atoms with Gasteiger partial charge < -0.3 is 15.2 Å². The van der Waals surface area contributed by atoms with Crippen molar-refractivity contribution < 1.29 is 9.84 Å². The summed E-state index contributed by atoms with van der Waals surface area (Å²) < 4.78 is 5.07. The number of ether oxygens (including phenoxy) is 1. The van der Waals surface area contributed by atoms with Crippen LogP contribution in [0.25, 0.3) is 0 Å². The van der Waals surface area contributed by atoms with Gasteiger partial charge in [-0.15, -0.1) is 0 Å². The number of aromatic hydroxyl groups is 1. The minimum Gasteiger partial charge on any atom is -0.508 e. The fourth-order valence-electron chi connectivity index (χ4n) is 2.06. The van der Waals surface area contributed by atoms with Gasteiger partial charge in [0.25, 0.3) is 0 Å². The molecule has 1 heterocycles. The van der Waals surface area contributed by atoms with E-state index in [1.807, 2.05) is 6.07 Å². The normalized spacial score (nSPS) is 19.9. The predicted molar refractivity (Wildman–Crippen MR) is 58.9 cm³/mol. The fraction of sp³-hybridized carbons (Fsp3) is 0.500. The number of hydrogen-bond acceptors (Lipinski definition) is 3. The zero-order valence-corrected chi connectivity index (χ0v) is 8.99. The van der Waals surface area contributed by atoms with Crippen molar-refractivity contribution in [2.75, 3.05) is 13.7 Å². The van der Waals surface area contributed by atoms with Crippen molar-refractivity contribution in [2.45, 2.75) is 25.4 Å². The number of methoxy groups -OCH3 is 1. The Morgan fingerprint density at radius 2 is 2.40 bits per heavy atom. The molecule has 1 aliphatic heterocycles. The summed E-state index contributed by atoms with van der Waals surface area (Å²) in [5.41, 5.74) is 2.31. The molecule has 0 bridgehead atoms. The molecule has 2 rings (SSSR count). The Morgan fingerprint density at radius 3 is 3.20 bits per heavy atom. The maximum Gasteiger partial charge on any atom is 0.120 e. The molecular weight excluding hydrogens is 190 g/mol. The predicted octanol–water partition coefficient (Wildman–Crippen LogP) is 1.44. The second-order valence-electron chi connectivity index (χ2n) is 3.98. The average molecular weight is 207 g/mol. The second-order valence-corrected chi connectivity index (χ2v) is 3.98. The van der Waals surface area contributed by atoms with Gasteiger partial charge in [-0.05, 0) is 24.5 Å². The number of phenolic OH excluding ortho intramolecular Hbond substituents is 1. The minimum absolute atomic E-state index is 0.408. The van der Waals surface area contributed by atoms with Gasteiger partial charge in [-0.25, -0.2) is 0 Å². The van der Waals surface area contributed by atoms with E-state index in [1.165, 1.54) is 5.56 Å². The van der Waals surface area contributed by atoms with Gasteiger partial charge in [0.05, 0.1) is 0 Å². The first-order valence-corrected chi connectivity index (χ1v) is 5.33. The van der Waals surface area contributed by atoms with Crippen LogP contribution < -0.4 is 5.32 Å². The second kappa shape index (κ2) is 4.64. The Labute approximate surface area is 90.1 Å². The van der Waals surface area contributed by atoms with Crippen LogP contribution >= 0.6 is 0 Å². The van der Waals surface area contributed by atoms with Crippen molar-refractivity contribution >= 4 is 0 Å². The van der Waals surface area contributed by atoms with Gasteiger partial charge in [0, 0.05) is 31.9 Å². The number of benzene rings is 1. The van der Waals surface area contributed by atoms with Crippen molar-refractivity contribution in [3.05, 3.63) is 29.3 Å². The first-order valence-electron chi connectivity index (χ1n) is 5.33. The summed E-state index contributed by atoms with van der Waals surface area (Å²) in [5.74, 6) is 0.408. The molecule has 0 amide bonds. The van der Waals surface area contributed by atoms with Crippen LogP contribution in [-0.4, -0.2) is 24.9 Å². The lowest BCUT2D eigenvalue weighted by molar-refractivity contribution is 0.181. The summed E-state index contributed by atoms with van der Waals surface area (Å²) in [6, 6.07) is 6.22. The van der Waals surface area contributed by atoms with Crippen LogP contribution in [0.2, 0.25) is 0 Å². The van der Waals surface area contributed by atoms with Crippen LogP contribution in [0.4, 0.5) is 0 Å². The van der Waals surface area contributed by atoms with Gasteiger partial charge in [-0.3, -0.25) is 0 Å². The van der Waals surface area contributed by atoms with Crippen LogP contribution in [0.3, 0.4) is 0 Å². The maximum absolute atomic E-state index is 9.65. The third kappa shape index (κ3) is 2.30. The Kier molecular flexibility index (Phi) is 3.23. The lowest BCUT2D eigenvalue weighted by Crippen LogP contribution is -2.36. The molecule has 3 nitrogen and oxygen atoms in total. The molecule has 0 fully saturated rings. The standard InChI is InChI=1S/C12H17NO2/c1-15-6-5-10-7-9-3-2-4-12(14)11(9)8-13-10/h2-4,10,13-14H,5-8H2,1H3. The molecule has 1 aliphatic rings. The lowest BCUT2D eigenvalue weighted by atomic mass is 9.94. The number of hydrogen-bond donors (Lipinski definition) is 2. The summed E-state index contributed by atoms with van der Waals surface area (Å²) in [7, 11) is 1.72. The van der Waals surface area contributed by atoms with Crippen LogP contribution in [0.15, 0.2) is 18.2 Å². The number of fused-ring (bicyclic) bond motifs is 1. The summed E-state index contributed by atoms with van der Waals surface area (Å²) >= 11 is 0. The summed E-state index contributed by atoms with van der Waals surface area (Å²) in [6.45, 7) is 1.54. The quantitative estimate of drug-likeness (QED) is 0.788. The molecule has 2 N–H and O–H groups in total. The van der Waals surface area contributed by atoms with E-state index < -0.39 is 0 Å². The van der Waals surface area contributed by atoms with Crippen LogP contribution in [0, 0.1) is 0 Å². The number of phenols is 1. The number of nitrogens with one attached hydrogen (secondary N) is 1. The first kappa shape index (κ1) is 10.5. The first-order chi connectivity index (χ1) is 7.31. The Hall–Kier alpha value is -1.06. The van der Waals surface area contributed by atoms with Crippen molar-refractivity contribution in [2.24, 2.45) is 0 Å². The molecule has 15 heavy (non-hydrogen) atoms. The van der Waals surface area contributed by atoms with Crippen molar-refractivity contribution in [3.63, 3.8) is 0 Å². The third-order valence-corrected chi connectivity index (χ3v) is 2.95. The highest BCUT2D eigenvalue weighted by Gasteiger charge is 2.19. The molecule has 1 aromatic carbocycles. The Morgan fingerprint density at radius 1 is 1.53 bits per heavy atom. The Balaban J connectivity index is 2.07. The Bertz CT molecular complexity index is 338. The van der Waals surface area contributed by atoms with E-state index in [0.717, 1.165) is 31.6 Å². The zero-order valence-electron chi connectivity index (χ0n) is 8.99. The molecule has 1 aromatic rings. The van der Waals surface area contributed by atoms with Gasteiger partial charge in [0.1, 0.15) is 5.75 Å². The van der Waals surface area contributed by atoms with Gasteiger partial charge in [-0.1, -0.05) is 12.1 Å². The van der Waals surface area contributed by atoms with E-state index in [9.17, 15) is 5.11 Å². The highest BCUT2D eigenvalue weighted by Crippen LogP contribution is 2.25. The fourth-order valence-corrected chi connectivity index (χ4v) is 2.06. The van der Waals surface area contributed by atoms with E-state index in [1.54, 1.807) is 13.2 Å². The monoisotopic (exact) mass is 207 g/mol. The molecule has 0 spiro atoms. The molecule has 0 aromatic heterocycles. The highest BCUT2D eigenvalue weighted by atomic mass is 16.5. The summed E-state index contributed by atoms with van der Waals surface area (Å²) in [4.78, 5) is 0. The molecule has 0 aliphatic carbocycles. The molecule has 1 atom stereocenters. The van der Waals surface area contributed by atoms with Crippen molar-refractivity contribution in [1.29, 1.82) is 0 Å². The molecular formula is C12H17NO2. The van der Waals surface area contributed by atoms with Crippen LogP contribution in [0.1, 0.15) is 17.5 Å². The molecule has 1 unspecified atom stereocenters. The van der Waals surface area contributed by atoms with E-state index in [2.05, 4.69) is 11.4 Å². The summed E-state index contributed by atoms with van der Waals surface area (Å²) in [5, 5.41) is 13.1. The maximum atomic E-state index is 9.65. The van der Waals surface area contributed by atoms with Crippen molar-refractivity contribution in [3.8, 4) is 5.75 Å². The molecule has 0 saturated heterocycles. The van der Waals surface area contributed by atoms with Crippen molar-refractivity contribution in [1.82, 2.24) is 5.32 Å². The van der Waals surface area contributed by atoms with E-state index in [0.29, 0.717) is 11.8 Å². The van der Waals surface area contributed by atoms with Gasteiger partial charge in [-0.2, -0.15) is 0 Å². The molecule has 3 heteroatoms. The molecule has 0 saturated carbocycles. The smallest absolute Gasteiger partial charge is 0.120 e. The largest absolute Gasteiger partial charge is 0.508 e. The third-order valence-electron chi connectivity index (χ3n) is 2.95. The zero-order chi connectivity index (χ0) is 10.7. The topological polar surface area (TPSA) is 41.5 Å². The van der Waals surface area contributed by atoms with Crippen LogP contribution in [0.5, 0.6) is 5.75 Å². The summed E-state index contributed by atoms with van der Waals surface area (Å²) in [6.07, 6.45) is 2.00. The van der Waals surface area contributed by atoms with E-state index >= 15 is 0 Å². The average Bonchev–Trinajstić information content (AvgIpc) is 2.26. The van der Waals surface area contributed by atoms with Gasteiger partial charge in [0.2, 0.25) is 0 Å². The minimum atomic E-state index is 0.408. The lowest BCUT2D eigenvalue weighted by Gasteiger charge is -2.26. The number of rotatable bonds is 3. The SMILES string of the molecule is COCCC1Cc2cccc(O)c2CN1. The van der Waals surface area contributed by atoms with Gasteiger partial charge in [0.15, 0.2) is 0 Å². The molecule has 82 valence electrons.